The highest BCUT2D eigenvalue weighted by Gasteiger charge is 2.65. The first kappa shape index (κ1) is 26.1. The maximum absolute atomic E-state index is 13.9. The molecule has 2 N–H and O–H groups in total. The van der Waals surface area contributed by atoms with Crippen LogP contribution in [0.3, 0.4) is 0 Å². The van der Waals surface area contributed by atoms with Crippen molar-refractivity contribution in [3.8, 4) is 0 Å². The van der Waals surface area contributed by atoms with Gasteiger partial charge in [-0.25, -0.2) is 4.89 Å². The van der Waals surface area contributed by atoms with Crippen molar-refractivity contribution >= 4 is 5.78 Å². The quantitative estimate of drug-likeness (QED) is 0.245. The summed E-state index contributed by atoms with van der Waals surface area (Å²) < 4.78 is 0. The zero-order chi connectivity index (χ0) is 25.3. The normalized spacial score (nSPS) is 43.1. The maximum Gasteiger partial charge on any atom is 0.159 e. The molecule has 8 atom stereocenters. The fourth-order valence-corrected chi connectivity index (χ4v) is 9.31. The van der Waals surface area contributed by atoms with E-state index < -0.39 is 0 Å². The summed E-state index contributed by atoms with van der Waals surface area (Å²) in [5, 5.41) is 20.1. The number of hydrogen-bond donors (Lipinski definition) is 2. The number of allylic oxidation sites excluding steroid dienone is 2. The van der Waals surface area contributed by atoms with E-state index in [0.717, 1.165) is 56.9 Å². The summed E-state index contributed by atoms with van der Waals surface area (Å²) >= 11 is 0. The Morgan fingerprint density at radius 3 is 2.41 bits per heavy atom. The van der Waals surface area contributed by atoms with E-state index in [9.17, 15) is 15.2 Å². The molecule has 0 aliphatic heterocycles. The van der Waals surface area contributed by atoms with E-state index in [1.807, 2.05) is 6.92 Å². The number of Topliss-reactive ketones (excluding diaryl/α,β-unsaturated/α-hetero) is 1. The second-order valence-corrected chi connectivity index (χ2v) is 13.7. The van der Waals surface area contributed by atoms with Crippen LogP contribution in [-0.4, -0.2) is 28.4 Å². The first-order valence-electron chi connectivity index (χ1n) is 13.6. The number of aliphatic hydroxyl groups excluding tert-OH is 1. The van der Waals surface area contributed by atoms with E-state index in [0.29, 0.717) is 24.0 Å². The topological polar surface area (TPSA) is 66.8 Å². The molecule has 0 amide bonds. The second-order valence-electron chi connectivity index (χ2n) is 13.7. The third-order valence-corrected chi connectivity index (χ3v) is 11.9. The summed E-state index contributed by atoms with van der Waals surface area (Å²) in [6.45, 7) is 19.8. The Morgan fingerprint density at radius 2 is 1.79 bits per heavy atom. The van der Waals surface area contributed by atoms with Gasteiger partial charge in [-0.2, -0.15) is 0 Å². The van der Waals surface area contributed by atoms with E-state index >= 15 is 0 Å². The van der Waals surface area contributed by atoms with Crippen LogP contribution in [0.1, 0.15) is 106 Å². The van der Waals surface area contributed by atoms with Gasteiger partial charge in [-0.05, 0) is 97.9 Å². The fourth-order valence-electron chi connectivity index (χ4n) is 9.31. The number of hydrogen-bond acceptors (Lipinski definition) is 4. The van der Waals surface area contributed by atoms with Gasteiger partial charge in [0, 0.05) is 17.4 Å². The summed E-state index contributed by atoms with van der Waals surface area (Å²) in [6, 6.07) is 0. The molecule has 4 aliphatic rings. The van der Waals surface area contributed by atoms with Crippen molar-refractivity contribution in [2.75, 3.05) is 0 Å². The highest BCUT2D eigenvalue weighted by Crippen LogP contribution is 2.71. The highest BCUT2D eigenvalue weighted by molar-refractivity contribution is 5.99. The monoisotopic (exact) mass is 472 g/mol. The molecule has 0 aromatic rings. The van der Waals surface area contributed by atoms with Gasteiger partial charge in [-0.15, -0.1) is 0 Å². The van der Waals surface area contributed by atoms with Crippen LogP contribution in [0.5, 0.6) is 0 Å². The van der Waals surface area contributed by atoms with Crippen LogP contribution in [0.25, 0.3) is 0 Å². The number of aliphatic hydroxyl groups is 1. The molecule has 0 unspecified atom stereocenters. The van der Waals surface area contributed by atoms with Crippen LogP contribution in [0.2, 0.25) is 0 Å². The molecule has 2 fully saturated rings. The van der Waals surface area contributed by atoms with Gasteiger partial charge in [0.2, 0.25) is 0 Å². The number of rotatable bonds is 6. The van der Waals surface area contributed by atoms with E-state index in [-0.39, 0.29) is 39.8 Å². The first-order chi connectivity index (χ1) is 15.7. The molecule has 4 heteroatoms. The number of carbonyl (C=O) groups is 1. The van der Waals surface area contributed by atoms with Gasteiger partial charge in [0.1, 0.15) is 6.10 Å². The number of ketones is 1. The fraction of sp³-hybridized carbons (Fsp3) is 0.833. The van der Waals surface area contributed by atoms with Crippen LogP contribution in [0.4, 0.5) is 0 Å². The largest absolute Gasteiger partial charge is 0.393 e. The summed E-state index contributed by atoms with van der Waals surface area (Å²) in [5.74, 6) is 1.63. The highest BCUT2D eigenvalue weighted by atomic mass is 17.1. The molecule has 0 spiro atoms. The molecule has 0 saturated heterocycles. The summed E-state index contributed by atoms with van der Waals surface area (Å²) in [5.41, 5.74) is 3.30. The van der Waals surface area contributed by atoms with Gasteiger partial charge in [-0.1, -0.05) is 53.7 Å². The van der Waals surface area contributed by atoms with Crippen molar-refractivity contribution in [2.24, 2.45) is 39.4 Å². The van der Waals surface area contributed by atoms with E-state index in [1.54, 1.807) is 0 Å². The molecular weight excluding hydrogens is 424 g/mol. The van der Waals surface area contributed by atoms with Crippen LogP contribution in [-0.2, 0) is 9.68 Å². The standard InChI is InChI=1S/C30H48O4/c1-18(2)23(34-33)10-9-19(3)20-11-16-30(8)26-21(12-15-29(20,30)7)28(6)14-13-25(32)27(4,5)24(28)17-22(26)31/h19-20,23-25,32-33H,1,9-17H2,2-8H3/t19-,20+,23+,24+,25+,28-,29+,30-/m1/s1. The molecule has 4 aliphatic carbocycles. The molecule has 0 bridgehead atoms. The van der Waals surface area contributed by atoms with E-state index in [1.165, 1.54) is 11.1 Å². The molecule has 4 rings (SSSR count). The third kappa shape index (κ3) is 3.53. The molecule has 4 nitrogen and oxygen atoms in total. The van der Waals surface area contributed by atoms with Crippen LogP contribution >= 0.6 is 0 Å². The molecule has 0 aromatic heterocycles. The van der Waals surface area contributed by atoms with Crippen molar-refractivity contribution < 1.29 is 20.0 Å². The third-order valence-electron chi connectivity index (χ3n) is 11.9. The van der Waals surface area contributed by atoms with Gasteiger partial charge >= 0.3 is 0 Å². The number of carbonyl (C=O) groups excluding carboxylic acids is 1. The molecule has 0 heterocycles. The predicted molar refractivity (Wildman–Crippen MR) is 136 cm³/mol. The van der Waals surface area contributed by atoms with E-state index in [2.05, 4.69) is 53.0 Å². The second kappa shape index (κ2) is 8.56. The van der Waals surface area contributed by atoms with Crippen molar-refractivity contribution in [3.63, 3.8) is 0 Å². The minimum atomic E-state index is -0.326. The molecule has 0 radical (unpaired) electrons. The Labute approximate surface area is 207 Å². The Kier molecular flexibility index (Phi) is 6.57. The van der Waals surface area contributed by atoms with Crippen molar-refractivity contribution in [1.29, 1.82) is 0 Å². The zero-order valence-electron chi connectivity index (χ0n) is 22.7. The van der Waals surface area contributed by atoms with Crippen LogP contribution in [0, 0.1) is 39.4 Å². The minimum absolute atomic E-state index is 0.0210. The Hall–Kier alpha value is -0.970. The lowest BCUT2D eigenvalue weighted by atomic mass is 9.43. The Morgan fingerprint density at radius 1 is 1.12 bits per heavy atom. The summed E-state index contributed by atoms with van der Waals surface area (Å²) in [6.07, 6.45) is 7.93. The lowest BCUT2D eigenvalue weighted by Crippen LogP contribution is -2.57. The predicted octanol–water partition coefficient (Wildman–Crippen LogP) is 7.13. The van der Waals surface area contributed by atoms with Gasteiger partial charge in [0.05, 0.1) is 6.10 Å². The maximum atomic E-state index is 13.9. The van der Waals surface area contributed by atoms with E-state index in [4.69, 9.17) is 0 Å². The lowest BCUT2D eigenvalue weighted by Gasteiger charge is -2.61. The minimum Gasteiger partial charge on any atom is -0.393 e. The SMILES string of the molecule is C=C(C)[C@H](CC[C@@H](C)[C@@H]1CC[C@]2(C)C3=C(CC[C@@]12C)[C@@]1(C)CC[C@H](O)C(C)(C)[C@@H]1CC3=O)OO. The van der Waals surface area contributed by atoms with Gasteiger partial charge in [0.15, 0.2) is 5.78 Å². The van der Waals surface area contributed by atoms with Crippen molar-refractivity contribution in [1.82, 2.24) is 0 Å². The summed E-state index contributed by atoms with van der Waals surface area (Å²) in [4.78, 5) is 18.6. The van der Waals surface area contributed by atoms with Crippen LogP contribution in [0.15, 0.2) is 23.3 Å². The zero-order valence-corrected chi connectivity index (χ0v) is 22.7. The lowest BCUT2D eigenvalue weighted by molar-refractivity contribution is -0.270. The Balaban J connectivity index is 1.66. The Bertz CT molecular complexity index is 886. The smallest absolute Gasteiger partial charge is 0.159 e. The molecule has 192 valence electrons. The van der Waals surface area contributed by atoms with Crippen molar-refractivity contribution in [3.05, 3.63) is 23.3 Å². The van der Waals surface area contributed by atoms with Crippen LogP contribution < -0.4 is 0 Å². The molecular formula is C30H48O4. The van der Waals surface area contributed by atoms with Crippen molar-refractivity contribution in [2.45, 2.75) is 118 Å². The van der Waals surface area contributed by atoms with Gasteiger partial charge in [0.25, 0.3) is 0 Å². The molecule has 34 heavy (non-hydrogen) atoms. The summed E-state index contributed by atoms with van der Waals surface area (Å²) in [7, 11) is 0. The average Bonchev–Trinajstić information content (AvgIpc) is 3.04. The number of fused-ring (bicyclic) bond motifs is 4. The van der Waals surface area contributed by atoms with Gasteiger partial charge in [-0.3, -0.25) is 10.1 Å². The molecule has 2 saturated carbocycles. The van der Waals surface area contributed by atoms with Gasteiger partial charge < -0.3 is 5.11 Å². The molecule has 0 aromatic carbocycles. The first-order valence-corrected chi connectivity index (χ1v) is 13.6. The average molecular weight is 473 g/mol.